The molecular weight excluding hydrogens is 896 g/mol. The Morgan fingerprint density at radius 3 is 0.971 bits per heavy atom. The van der Waals surface area contributed by atoms with Gasteiger partial charge >= 0.3 is 31.7 Å². The van der Waals surface area contributed by atoms with E-state index >= 15 is 0 Å². The van der Waals surface area contributed by atoms with Gasteiger partial charge in [0.05, 0.1) is 19.8 Å². The standard InChI is InChI=1S/C56H105O12P/c1-5-9-13-17-22-30-38-50(39-31-23-18-14-10-6-2)66-54(58)43-35-27-21-26-34-42-53(57)62-48-52(49-65-69(61)63-46-47-64-69)68-56(60)45-37-29-28-36-44-55(59)67-51(40-32-24-19-15-11-7-3)41-33-25-20-16-12-8-4/h50-52H,5-49H2,1-4H3/t52-/m0/s1. The Kier molecular flexibility index (Phi) is 44.3. The van der Waals surface area contributed by atoms with Crippen molar-refractivity contribution >= 4 is 31.7 Å². The van der Waals surface area contributed by atoms with E-state index in [2.05, 4.69) is 27.7 Å². The maximum absolute atomic E-state index is 12.9. The van der Waals surface area contributed by atoms with Crippen molar-refractivity contribution in [1.82, 2.24) is 0 Å². The zero-order valence-electron chi connectivity index (χ0n) is 44.9. The lowest BCUT2D eigenvalue weighted by Crippen LogP contribution is -2.29. The summed E-state index contributed by atoms with van der Waals surface area (Å²) in [5.74, 6) is -1.12. The first kappa shape index (κ1) is 65.0. The molecule has 1 saturated heterocycles. The molecule has 0 aromatic rings. The first-order valence-electron chi connectivity index (χ1n) is 28.9. The summed E-state index contributed by atoms with van der Waals surface area (Å²) in [6.07, 6.45) is 40.3. The molecular formula is C56H105O12P. The van der Waals surface area contributed by atoms with Crippen LogP contribution in [0.5, 0.6) is 0 Å². The molecule has 0 N–H and O–H groups in total. The molecule has 406 valence electrons. The van der Waals surface area contributed by atoms with Gasteiger partial charge in [0.15, 0.2) is 6.10 Å². The van der Waals surface area contributed by atoms with Crippen molar-refractivity contribution in [3.8, 4) is 0 Å². The Hall–Kier alpha value is -2.01. The van der Waals surface area contributed by atoms with E-state index in [0.717, 1.165) is 89.9 Å². The number of esters is 4. The van der Waals surface area contributed by atoms with Crippen LogP contribution in [0.1, 0.15) is 291 Å². The lowest BCUT2D eigenvalue weighted by atomic mass is 10.0. The van der Waals surface area contributed by atoms with Gasteiger partial charge in [0, 0.05) is 25.7 Å². The molecule has 0 aromatic heterocycles. The fraction of sp³-hybridized carbons (Fsp3) is 0.929. The SMILES string of the molecule is CCCCCCCCC(CCCCCCCC)OC(=O)CCCCCCCC(=O)OC[C@@H](COP1(=O)OCCO1)OC(=O)CCCCCCC(=O)OC(CCCCCCCC)CCCCCCCC. The third-order valence-corrected chi connectivity index (χ3v) is 14.6. The third kappa shape index (κ3) is 41.2. The van der Waals surface area contributed by atoms with E-state index in [1.54, 1.807) is 0 Å². The molecule has 1 heterocycles. The Balaban J connectivity index is 2.40. The minimum Gasteiger partial charge on any atom is -0.462 e. The highest BCUT2D eigenvalue weighted by molar-refractivity contribution is 7.48. The summed E-state index contributed by atoms with van der Waals surface area (Å²) in [6, 6.07) is 0. The molecule has 1 atom stereocenters. The molecule has 0 amide bonds. The van der Waals surface area contributed by atoms with Gasteiger partial charge < -0.3 is 18.9 Å². The fourth-order valence-corrected chi connectivity index (χ4v) is 9.96. The van der Waals surface area contributed by atoms with E-state index in [1.165, 1.54) is 128 Å². The third-order valence-electron chi connectivity index (χ3n) is 13.1. The predicted molar refractivity (Wildman–Crippen MR) is 278 cm³/mol. The summed E-state index contributed by atoms with van der Waals surface area (Å²) in [5.41, 5.74) is 0. The van der Waals surface area contributed by atoms with E-state index < -0.39 is 25.9 Å². The van der Waals surface area contributed by atoms with Crippen LogP contribution >= 0.6 is 7.82 Å². The summed E-state index contributed by atoms with van der Waals surface area (Å²) in [4.78, 5) is 51.1. The Morgan fingerprint density at radius 1 is 0.362 bits per heavy atom. The van der Waals surface area contributed by atoms with E-state index in [4.69, 9.17) is 32.5 Å². The van der Waals surface area contributed by atoms with Gasteiger partial charge in [0.1, 0.15) is 18.8 Å². The van der Waals surface area contributed by atoms with Gasteiger partial charge in [-0.25, -0.2) is 4.57 Å². The van der Waals surface area contributed by atoms with E-state index in [1.807, 2.05) is 0 Å². The molecule has 1 rings (SSSR count). The van der Waals surface area contributed by atoms with Crippen LogP contribution in [-0.2, 0) is 56.3 Å². The van der Waals surface area contributed by atoms with Crippen molar-refractivity contribution in [2.24, 2.45) is 0 Å². The lowest BCUT2D eigenvalue weighted by Gasteiger charge is -2.19. The quantitative estimate of drug-likeness (QED) is 0.0247. The monoisotopic (exact) mass is 1000 g/mol. The summed E-state index contributed by atoms with van der Waals surface area (Å²) in [7, 11) is -3.75. The molecule has 1 fully saturated rings. The van der Waals surface area contributed by atoms with Crippen molar-refractivity contribution in [2.75, 3.05) is 26.4 Å². The van der Waals surface area contributed by atoms with E-state index in [-0.39, 0.29) is 63.4 Å². The topological polar surface area (TPSA) is 150 Å². The number of ether oxygens (including phenoxy) is 4. The number of hydrogen-bond acceptors (Lipinski definition) is 12. The van der Waals surface area contributed by atoms with E-state index in [9.17, 15) is 23.7 Å². The smallest absolute Gasteiger partial charge is 0.462 e. The highest BCUT2D eigenvalue weighted by atomic mass is 31.2. The van der Waals surface area contributed by atoms with Crippen LogP contribution in [0.4, 0.5) is 0 Å². The average molecular weight is 1000 g/mol. The molecule has 1 aliphatic heterocycles. The normalized spacial score (nSPS) is 13.8. The van der Waals surface area contributed by atoms with Gasteiger partial charge in [-0.15, -0.1) is 0 Å². The molecule has 69 heavy (non-hydrogen) atoms. The maximum atomic E-state index is 12.9. The number of rotatable bonds is 51. The summed E-state index contributed by atoms with van der Waals surface area (Å²) in [6.45, 7) is 8.65. The second kappa shape index (κ2) is 47.0. The Morgan fingerprint density at radius 2 is 0.638 bits per heavy atom. The highest BCUT2D eigenvalue weighted by Crippen LogP contribution is 2.52. The largest absolute Gasteiger partial charge is 0.475 e. The van der Waals surface area contributed by atoms with E-state index in [0.29, 0.717) is 32.1 Å². The summed E-state index contributed by atoms with van der Waals surface area (Å²) >= 11 is 0. The van der Waals surface area contributed by atoms with Gasteiger partial charge in [-0.1, -0.05) is 188 Å². The predicted octanol–water partition coefficient (Wildman–Crippen LogP) is 16.5. The van der Waals surface area contributed by atoms with Crippen molar-refractivity contribution in [1.29, 1.82) is 0 Å². The zero-order valence-corrected chi connectivity index (χ0v) is 45.8. The summed E-state index contributed by atoms with van der Waals surface area (Å²) < 4.78 is 51.3. The van der Waals surface area contributed by atoms with Gasteiger partial charge in [0.2, 0.25) is 0 Å². The first-order valence-corrected chi connectivity index (χ1v) is 30.4. The maximum Gasteiger partial charge on any atom is 0.475 e. The molecule has 1 aliphatic rings. The molecule has 0 bridgehead atoms. The van der Waals surface area contributed by atoms with Crippen molar-refractivity contribution < 1.29 is 56.3 Å². The van der Waals surface area contributed by atoms with Crippen LogP contribution in [-0.4, -0.2) is 68.6 Å². The van der Waals surface area contributed by atoms with Crippen LogP contribution < -0.4 is 0 Å². The van der Waals surface area contributed by atoms with Crippen LogP contribution in [0.15, 0.2) is 0 Å². The molecule has 12 nitrogen and oxygen atoms in total. The molecule has 0 saturated carbocycles. The molecule has 13 heteroatoms. The summed E-state index contributed by atoms with van der Waals surface area (Å²) in [5, 5.41) is 0. The number of phosphoric ester groups is 1. The number of unbranched alkanes of at least 4 members (excludes halogenated alkanes) is 27. The number of carbonyl (C=O) groups excluding carboxylic acids is 4. The first-order chi connectivity index (χ1) is 33.6. The number of carbonyl (C=O) groups is 4. The van der Waals surface area contributed by atoms with Crippen LogP contribution in [0.25, 0.3) is 0 Å². The lowest BCUT2D eigenvalue weighted by molar-refractivity contribution is -0.161. The van der Waals surface area contributed by atoms with Gasteiger partial charge in [0.25, 0.3) is 0 Å². The Bertz CT molecular complexity index is 1240. The molecule has 0 aromatic carbocycles. The highest BCUT2D eigenvalue weighted by Gasteiger charge is 2.34. The number of phosphoric acid groups is 1. The minimum atomic E-state index is -3.75. The second-order valence-electron chi connectivity index (χ2n) is 19.8. The molecule has 0 spiro atoms. The second-order valence-corrected chi connectivity index (χ2v) is 21.5. The Labute approximate surface area is 422 Å². The fourth-order valence-electron chi connectivity index (χ4n) is 8.79. The van der Waals surface area contributed by atoms with Crippen molar-refractivity contribution in [2.45, 2.75) is 309 Å². The van der Waals surface area contributed by atoms with Crippen LogP contribution in [0.2, 0.25) is 0 Å². The van der Waals surface area contributed by atoms with Crippen LogP contribution in [0, 0.1) is 0 Å². The van der Waals surface area contributed by atoms with Crippen molar-refractivity contribution in [3.63, 3.8) is 0 Å². The molecule has 0 aliphatic carbocycles. The molecule has 0 radical (unpaired) electrons. The zero-order chi connectivity index (χ0) is 50.3. The van der Waals surface area contributed by atoms with Gasteiger partial charge in [-0.3, -0.25) is 32.7 Å². The van der Waals surface area contributed by atoms with Crippen LogP contribution in [0.3, 0.4) is 0 Å². The van der Waals surface area contributed by atoms with Gasteiger partial charge in [-0.2, -0.15) is 0 Å². The molecule has 0 unspecified atom stereocenters. The van der Waals surface area contributed by atoms with Gasteiger partial charge in [-0.05, 0) is 77.0 Å². The average Bonchev–Trinajstić information content (AvgIpc) is 3.78. The minimum absolute atomic E-state index is 0.00317. The van der Waals surface area contributed by atoms with Crippen molar-refractivity contribution in [3.05, 3.63) is 0 Å². The number of hydrogen-bond donors (Lipinski definition) is 0.